The van der Waals surface area contributed by atoms with Crippen LogP contribution in [0.15, 0.2) is 0 Å². The maximum Gasteiger partial charge on any atom is 0.407 e. The van der Waals surface area contributed by atoms with Gasteiger partial charge >= 0.3 is 6.09 Å². The molecule has 2 N–H and O–H groups in total. The zero-order valence-electron chi connectivity index (χ0n) is 12.8. The molecule has 1 saturated heterocycles. The minimum Gasteiger partial charge on any atom is -0.444 e. The molecule has 1 heterocycles. The third kappa shape index (κ3) is 4.07. The van der Waals surface area contributed by atoms with E-state index in [1.165, 1.54) is 0 Å². The van der Waals surface area contributed by atoms with Crippen LogP contribution in [0.3, 0.4) is 0 Å². The lowest BCUT2D eigenvalue weighted by Gasteiger charge is -2.47. The molecule has 6 nitrogen and oxygen atoms in total. The number of hydrogen-bond donors (Lipinski definition) is 2. The fourth-order valence-electron chi connectivity index (χ4n) is 2.43. The van der Waals surface area contributed by atoms with E-state index < -0.39 is 5.60 Å². The van der Waals surface area contributed by atoms with Crippen LogP contribution >= 0.6 is 0 Å². The van der Waals surface area contributed by atoms with Gasteiger partial charge in [0.2, 0.25) is 0 Å². The Morgan fingerprint density at radius 2 is 2.05 bits per heavy atom. The van der Waals surface area contributed by atoms with Gasteiger partial charge in [-0.05, 0) is 34.1 Å². The molecule has 0 aromatic heterocycles. The minimum atomic E-state index is -0.474. The van der Waals surface area contributed by atoms with Crippen molar-refractivity contribution in [2.24, 2.45) is 0 Å². The lowest BCUT2D eigenvalue weighted by molar-refractivity contribution is -0.0729. The van der Waals surface area contributed by atoms with Crippen molar-refractivity contribution >= 4 is 6.09 Å². The van der Waals surface area contributed by atoms with Crippen molar-refractivity contribution in [3.8, 4) is 0 Å². The highest BCUT2D eigenvalue weighted by Crippen LogP contribution is 2.26. The Kier molecular flexibility index (Phi) is 4.88. The first-order valence-corrected chi connectivity index (χ1v) is 7.34. The Hall–Kier alpha value is -0.850. The van der Waals surface area contributed by atoms with Gasteiger partial charge in [0.1, 0.15) is 5.60 Å². The highest BCUT2D eigenvalue weighted by atomic mass is 16.6. The van der Waals surface area contributed by atoms with Gasteiger partial charge in [0, 0.05) is 6.61 Å². The summed E-state index contributed by atoms with van der Waals surface area (Å²) in [6.45, 7) is 9.71. The lowest BCUT2D eigenvalue weighted by Crippen LogP contribution is -2.69. The monoisotopic (exact) mass is 286 g/mol. The molecule has 2 aliphatic rings. The molecule has 2 rings (SSSR count). The van der Waals surface area contributed by atoms with Gasteiger partial charge in [-0.2, -0.15) is 0 Å². The number of ether oxygens (including phenoxy) is 3. The second-order valence-electron chi connectivity index (χ2n) is 6.41. The summed E-state index contributed by atoms with van der Waals surface area (Å²) < 4.78 is 16.1. The molecule has 0 bridgehead atoms. The molecular weight excluding hydrogens is 260 g/mol. The number of carbonyl (C=O) groups excluding carboxylic acids is 1. The van der Waals surface area contributed by atoms with Crippen LogP contribution in [-0.4, -0.2) is 55.7 Å². The summed E-state index contributed by atoms with van der Waals surface area (Å²) in [5.41, 5.74) is -0.474. The molecule has 0 radical (unpaired) electrons. The first kappa shape index (κ1) is 15.5. The zero-order chi connectivity index (χ0) is 14.8. The number of rotatable bonds is 5. The number of carbonyl (C=O) groups is 1. The zero-order valence-corrected chi connectivity index (χ0v) is 12.8. The van der Waals surface area contributed by atoms with E-state index in [-0.39, 0.29) is 24.3 Å². The van der Waals surface area contributed by atoms with Crippen molar-refractivity contribution in [2.75, 3.05) is 19.8 Å². The summed E-state index contributed by atoms with van der Waals surface area (Å²) >= 11 is 0. The van der Waals surface area contributed by atoms with Gasteiger partial charge in [-0.3, -0.25) is 0 Å². The van der Waals surface area contributed by atoms with Crippen LogP contribution in [0.25, 0.3) is 0 Å². The molecule has 1 aliphatic heterocycles. The summed E-state index contributed by atoms with van der Waals surface area (Å²) in [4.78, 5) is 11.8. The molecule has 3 atom stereocenters. The quantitative estimate of drug-likeness (QED) is 0.790. The average molecular weight is 286 g/mol. The third-order valence-electron chi connectivity index (χ3n) is 3.47. The molecule has 6 heteroatoms. The number of amides is 1. The summed E-state index contributed by atoms with van der Waals surface area (Å²) in [5, 5.41) is 6.41. The molecule has 1 amide bonds. The Balaban J connectivity index is 1.81. The molecule has 0 aromatic rings. The maximum atomic E-state index is 11.8. The predicted octanol–water partition coefficient (Wildman–Crippen LogP) is 1.05. The van der Waals surface area contributed by atoms with E-state index in [9.17, 15) is 4.79 Å². The van der Waals surface area contributed by atoms with E-state index in [0.717, 1.165) is 19.6 Å². The number of hydrogen-bond acceptors (Lipinski definition) is 5. The van der Waals surface area contributed by atoms with Crippen LogP contribution in [0.4, 0.5) is 4.79 Å². The molecule has 116 valence electrons. The number of alkyl carbamates (subject to hydrolysis) is 1. The predicted molar refractivity (Wildman–Crippen MR) is 74.7 cm³/mol. The summed E-state index contributed by atoms with van der Waals surface area (Å²) in [6, 6.07) is 0.560. The standard InChI is InChI=1S/C14H26N2O4/c1-5-19-11-6-10(12(11)15-9-7-18-8-9)16-13(17)20-14(2,3)4/h9-12,15H,5-8H2,1-4H3,(H,16,17). The SMILES string of the molecule is CCOC1CC(NC(=O)OC(C)(C)C)C1NC1COC1. The van der Waals surface area contributed by atoms with E-state index >= 15 is 0 Å². The second-order valence-corrected chi connectivity index (χ2v) is 6.41. The van der Waals surface area contributed by atoms with Crippen LogP contribution < -0.4 is 10.6 Å². The molecule has 0 spiro atoms. The van der Waals surface area contributed by atoms with Crippen molar-refractivity contribution in [3.05, 3.63) is 0 Å². The Labute approximate surface area is 120 Å². The van der Waals surface area contributed by atoms with E-state index in [1.54, 1.807) is 0 Å². The highest BCUT2D eigenvalue weighted by Gasteiger charge is 2.44. The number of nitrogens with one attached hydrogen (secondary N) is 2. The van der Waals surface area contributed by atoms with Crippen molar-refractivity contribution in [1.29, 1.82) is 0 Å². The van der Waals surface area contributed by atoms with Gasteiger partial charge in [-0.1, -0.05) is 0 Å². The van der Waals surface area contributed by atoms with Gasteiger partial charge in [-0.25, -0.2) is 4.79 Å². The minimum absolute atomic E-state index is 0.0574. The first-order valence-electron chi connectivity index (χ1n) is 7.34. The molecule has 2 fully saturated rings. The third-order valence-corrected chi connectivity index (χ3v) is 3.47. The van der Waals surface area contributed by atoms with Gasteiger partial charge in [0.25, 0.3) is 0 Å². The Morgan fingerprint density at radius 1 is 1.35 bits per heavy atom. The van der Waals surface area contributed by atoms with Crippen LogP contribution in [-0.2, 0) is 14.2 Å². The molecular formula is C14H26N2O4. The van der Waals surface area contributed by atoms with Gasteiger partial charge in [0.15, 0.2) is 0 Å². The highest BCUT2D eigenvalue weighted by molar-refractivity contribution is 5.68. The summed E-state index contributed by atoms with van der Waals surface area (Å²) in [7, 11) is 0. The van der Waals surface area contributed by atoms with Crippen molar-refractivity contribution in [2.45, 2.75) is 63.9 Å². The summed E-state index contributed by atoms with van der Waals surface area (Å²) in [6.07, 6.45) is 0.604. The van der Waals surface area contributed by atoms with Crippen LogP contribution in [0.2, 0.25) is 0 Å². The van der Waals surface area contributed by atoms with Gasteiger partial charge in [-0.15, -0.1) is 0 Å². The van der Waals surface area contributed by atoms with Crippen molar-refractivity contribution in [1.82, 2.24) is 10.6 Å². The largest absolute Gasteiger partial charge is 0.444 e. The van der Waals surface area contributed by atoms with Crippen LogP contribution in [0.1, 0.15) is 34.1 Å². The van der Waals surface area contributed by atoms with Crippen LogP contribution in [0.5, 0.6) is 0 Å². The van der Waals surface area contributed by atoms with E-state index in [4.69, 9.17) is 14.2 Å². The normalized spacial score (nSPS) is 30.3. The Bertz CT molecular complexity index is 339. The van der Waals surface area contributed by atoms with Gasteiger partial charge in [0.05, 0.1) is 37.4 Å². The molecule has 3 unspecified atom stereocenters. The molecule has 1 aliphatic carbocycles. The fraction of sp³-hybridized carbons (Fsp3) is 0.929. The lowest BCUT2D eigenvalue weighted by atomic mass is 9.82. The van der Waals surface area contributed by atoms with Crippen molar-refractivity contribution in [3.63, 3.8) is 0 Å². The van der Waals surface area contributed by atoms with Crippen LogP contribution in [0, 0.1) is 0 Å². The summed E-state index contributed by atoms with van der Waals surface area (Å²) in [5.74, 6) is 0. The fourth-order valence-corrected chi connectivity index (χ4v) is 2.43. The average Bonchev–Trinajstić information content (AvgIpc) is 2.23. The Morgan fingerprint density at radius 3 is 2.55 bits per heavy atom. The topological polar surface area (TPSA) is 68.8 Å². The van der Waals surface area contributed by atoms with E-state index in [0.29, 0.717) is 12.6 Å². The van der Waals surface area contributed by atoms with Gasteiger partial charge < -0.3 is 24.8 Å². The maximum absolute atomic E-state index is 11.8. The van der Waals surface area contributed by atoms with Crippen molar-refractivity contribution < 1.29 is 19.0 Å². The first-order chi connectivity index (χ1) is 9.39. The van der Waals surface area contributed by atoms with E-state index in [1.807, 2.05) is 27.7 Å². The second kappa shape index (κ2) is 6.28. The molecule has 1 saturated carbocycles. The smallest absolute Gasteiger partial charge is 0.407 e. The molecule has 0 aromatic carbocycles. The van der Waals surface area contributed by atoms with E-state index in [2.05, 4.69) is 10.6 Å². The molecule has 20 heavy (non-hydrogen) atoms.